The van der Waals surface area contributed by atoms with Crippen molar-refractivity contribution in [3.8, 4) is 0 Å². The quantitative estimate of drug-likeness (QED) is 0.724. The van der Waals surface area contributed by atoms with Crippen molar-refractivity contribution in [3.05, 3.63) is 47.1 Å². The summed E-state index contributed by atoms with van der Waals surface area (Å²) in [7, 11) is -4.03. The van der Waals surface area contributed by atoms with Crippen LogP contribution in [-0.4, -0.2) is 36.1 Å². The zero-order valence-corrected chi connectivity index (χ0v) is 12.3. The van der Waals surface area contributed by atoms with Crippen molar-refractivity contribution < 1.29 is 23.4 Å². The van der Waals surface area contributed by atoms with Crippen molar-refractivity contribution in [2.24, 2.45) is 0 Å². The Bertz CT molecular complexity index is 727. The summed E-state index contributed by atoms with van der Waals surface area (Å²) in [4.78, 5) is 14.4. The van der Waals surface area contributed by atoms with Crippen molar-refractivity contribution >= 4 is 27.3 Å². The van der Waals surface area contributed by atoms with Crippen LogP contribution in [0.5, 0.6) is 0 Å². The summed E-state index contributed by atoms with van der Waals surface area (Å²) < 4.78 is 25.9. The van der Waals surface area contributed by atoms with Crippen molar-refractivity contribution in [1.29, 1.82) is 0 Å². The van der Waals surface area contributed by atoms with Crippen molar-refractivity contribution in [1.82, 2.24) is 9.71 Å². The Morgan fingerprint density at radius 3 is 2.62 bits per heavy atom. The fraction of sp³-hybridized carbons (Fsp3) is 0.167. The summed E-state index contributed by atoms with van der Waals surface area (Å²) in [6.07, 6.45) is -1.03. The van der Waals surface area contributed by atoms with Crippen LogP contribution in [-0.2, 0) is 10.0 Å². The maximum absolute atomic E-state index is 12.0. The summed E-state index contributed by atoms with van der Waals surface area (Å²) >= 11 is 0.708. The molecule has 2 aromatic rings. The van der Waals surface area contributed by atoms with Gasteiger partial charge >= 0.3 is 5.97 Å². The van der Waals surface area contributed by atoms with Crippen molar-refractivity contribution in [2.45, 2.75) is 10.3 Å². The molecule has 0 aliphatic rings. The van der Waals surface area contributed by atoms with E-state index in [4.69, 9.17) is 5.11 Å². The van der Waals surface area contributed by atoms with Crippen LogP contribution in [0.25, 0.3) is 0 Å². The molecular formula is C12H12N2O5S2. The number of carbonyl (C=O) groups is 1. The SMILES string of the molecule is O=C(O)c1ncsc1S(=O)(=O)NCC(O)c1ccccc1. The van der Waals surface area contributed by atoms with E-state index in [1.165, 1.54) is 0 Å². The third kappa shape index (κ3) is 3.64. The molecule has 0 aliphatic carbocycles. The highest BCUT2D eigenvalue weighted by molar-refractivity contribution is 7.91. The number of aliphatic hydroxyl groups excluding tert-OH is 1. The van der Waals surface area contributed by atoms with E-state index in [9.17, 15) is 18.3 Å². The molecule has 0 saturated carbocycles. The van der Waals surface area contributed by atoms with Crippen molar-refractivity contribution in [3.63, 3.8) is 0 Å². The number of hydrogen-bond donors (Lipinski definition) is 3. The smallest absolute Gasteiger partial charge is 0.356 e. The minimum atomic E-state index is -4.03. The largest absolute Gasteiger partial charge is 0.476 e. The van der Waals surface area contributed by atoms with Crippen LogP contribution in [0, 0.1) is 0 Å². The summed E-state index contributed by atoms with van der Waals surface area (Å²) in [6.45, 7) is -0.261. The number of aromatic nitrogens is 1. The van der Waals surface area contributed by atoms with Crippen LogP contribution in [0.15, 0.2) is 40.1 Å². The van der Waals surface area contributed by atoms with Crippen LogP contribution in [0.2, 0.25) is 0 Å². The van der Waals surface area contributed by atoms with E-state index in [-0.39, 0.29) is 10.8 Å². The first-order chi connectivity index (χ1) is 9.92. The summed E-state index contributed by atoms with van der Waals surface area (Å²) in [5.41, 5.74) is 1.18. The number of carboxylic acid groups (broad SMARTS) is 1. The van der Waals surface area contributed by atoms with E-state index in [0.29, 0.717) is 16.9 Å². The number of nitrogens with zero attached hydrogens (tertiary/aromatic N) is 1. The molecule has 1 heterocycles. The first-order valence-electron chi connectivity index (χ1n) is 5.81. The first kappa shape index (κ1) is 15.6. The summed E-state index contributed by atoms with van der Waals surface area (Å²) in [5, 5.41) is 18.8. The van der Waals surface area contributed by atoms with Crippen LogP contribution >= 0.6 is 11.3 Å². The molecule has 0 bridgehead atoms. The van der Waals surface area contributed by atoms with Gasteiger partial charge in [0, 0.05) is 6.54 Å². The molecule has 2 rings (SSSR count). The number of benzene rings is 1. The van der Waals surface area contributed by atoms with Gasteiger partial charge in [-0.15, -0.1) is 11.3 Å². The molecule has 0 radical (unpaired) electrons. The Morgan fingerprint density at radius 1 is 1.33 bits per heavy atom. The van der Waals surface area contributed by atoms with E-state index in [1.807, 2.05) is 0 Å². The highest BCUT2D eigenvalue weighted by Crippen LogP contribution is 2.20. The van der Waals surface area contributed by atoms with Crippen LogP contribution < -0.4 is 4.72 Å². The van der Waals surface area contributed by atoms with E-state index >= 15 is 0 Å². The minimum absolute atomic E-state index is 0.261. The number of nitrogens with one attached hydrogen (secondary N) is 1. The van der Waals surface area contributed by atoms with Crippen LogP contribution in [0.4, 0.5) is 0 Å². The molecule has 7 nitrogen and oxygen atoms in total. The first-order valence-corrected chi connectivity index (χ1v) is 8.17. The zero-order chi connectivity index (χ0) is 15.5. The van der Waals surface area contributed by atoms with Crippen molar-refractivity contribution in [2.75, 3.05) is 6.54 Å². The highest BCUT2D eigenvalue weighted by Gasteiger charge is 2.26. The molecule has 1 aromatic carbocycles. The van der Waals surface area contributed by atoms with Gasteiger partial charge < -0.3 is 10.2 Å². The van der Waals surface area contributed by atoms with Crippen LogP contribution in [0.3, 0.4) is 0 Å². The second-order valence-electron chi connectivity index (χ2n) is 4.07. The van der Waals surface area contributed by atoms with Gasteiger partial charge in [-0.2, -0.15) is 0 Å². The molecule has 9 heteroatoms. The molecule has 0 saturated heterocycles. The number of aromatic carboxylic acids is 1. The van der Waals surface area contributed by atoms with Gasteiger partial charge in [-0.1, -0.05) is 30.3 Å². The maximum Gasteiger partial charge on any atom is 0.356 e. The lowest BCUT2D eigenvalue weighted by Crippen LogP contribution is -2.29. The second-order valence-corrected chi connectivity index (χ2v) is 6.89. The number of rotatable bonds is 6. The third-order valence-electron chi connectivity index (χ3n) is 2.63. The van der Waals surface area contributed by atoms with Gasteiger partial charge in [0.2, 0.25) is 0 Å². The lowest BCUT2D eigenvalue weighted by Gasteiger charge is -2.12. The Kier molecular flexibility index (Phi) is 4.68. The summed E-state index contributed by atoms with van der Waals surface area (Å²) in [5.74, 6) is -1.42. The van der Waals surface area contributed by atoms with E-state index in [1.54, 1.807) is 30.3 Å². The van der Waals surface area contributed by atoms with E-state index in [0.717, 1.165) is 5.51 Å². The van der Waals surface area contributed by atoms with E-state index < -0.39 is 27.8 Å². The average Bonchev–Trinajstić information content (AvgIpc) is 2.96. The Labute approximate surface area is 125 Å². The van der Waals surface area contributed by atoms with Gasteiger partial charge in [0.05, 0.1) is 11.6 Å². The maximum atomic E-state index is 12.0. The van der Waals surface area contributed by atoms with Gasteiger partial charge in [-0.25, -0.2) is 22.9 Å². The number of hydrogen-bond acceptors (Lipinski definition) is 6. The Balaban J connectivity index is 2.12. The molecule has 0 amide bonds. The molecule has 1 atom stereocenters. The number of aliphatic hydroxyl groups is 1. The topological polar surface area (TPSA) is 117 Å². The van der Waals surface area contributed by atoms with E-state index in [2.05, 4.69) is 9.71 Å². The zero-order valence-electron chi connectivity index (χ0n) is 10.6. The number of sulfonamides is 1. The van der Waals surface area contributed by atoms with Gasteiger partial charge in [-0.05, 0) is 5.56 Å². The highest BCUT2D eigenvalue weighted by atomic mass is 32.2. The third-order valence-corrected chi connectivity index (χ3v) is 5.43. The predicted molar refractivity (Wildman–Crippen MR) is 75.7 cm³/mol. The lowest BCUT2D eigenvalue weighted by atomic mass is 10.1. The molecule has 3 N–H and O–H groups in total. The lowest BCUT2D eigenvalue weighted by molar-refractivity contribution is 0.0687. The Hall–Kier alpha value is -1.81. The molecule has 112 valence electrons. The fourth-order valence-corrected chi connectivity index (χ4v) is 3.84. The molecule has 0 aliphatic heterocycles. The number of carboxylic acids is 1. The molecular weight excluding hydrogens is 316 g/mol. The molecule has 21 heavy (non-hydrogen) atoms. The normalized spacial score (nSPS) is 13.0. The monoisotopic (exact) mass is 328 g/mol. The molecule has 0 fully saturated rings. The van der Waals surface area contributed by atoms with Gasteiger partial charge in [0.15, 0.2) is 9.90 Å². The fourth-order valence-electron chi connectivity index (χ4n) is 1.62. The molecule has 0 spiro atoms. The molecule has 1 aromatic heterocycles. The Morgan fingerprint density at radius 2 is 2.00 bits per heavy atom. The standard InChI is InChI=1S/C12H12N2O5S2/c15-9(8-4-2-1-3-5-8)6-14-21(18,19)12-10(11(16)17)13-7-20-12/h1-5,7,9,14-15H,6H2,(H,16,17). The van der Waals surface area contributed by atoms with Crippen LogP contribution in [0.1, 0.15) is 22.2 Å². The van der Waals surface area contributed by atoms with Gasteiger partial charge in [-0.3, -0.25) is 0 Å². The number of thiazole rings is 1. The molecule has 1 unspecified atom stereocenters. The second kappa shape index (κ2) is 6.31. The van der Waals surface area contributed by atoms with Gasteiger partial charge in [0.25, 0.3) is 10.0 Å². The minimum Gasteiger partial charge on any atom is -0.476 e. The average molecular weight is 328 g/mol. The van der Waals surface area contributed by atoms with Gasteiger partial charge in [0.1, 0.15) is 0 Å². The predicted octanol–water partition coefficient (Wildman–Crippen LogP) is 0.853. The summed E-state index contributed by atoms with van der Waals surface area (Å²) in [6, 6.07) is 8.54.